The molecule has 0 atom stereocenters. The van der Waals surface area contributed by atoms with E-state index in [4.69, 9.17) is 10.1 Å². The molecule has 136 valence electrons. The first kappa shape index (κ1) is 17.0. The van der Waals surface area contributed by atoms with Crippen LogP contribution in [0.25, 0.3) is 16.9 Å². The average Bonchev–Trinajstić information content (AvgIpc) is 3.01. The predicted molar refractivity (Wildman–Crippen MR) is 102 cm³/mol. The molecule has 1 saturated heterocycles. The van der Waals surface area contributed by atoms with Gasteiger partial charge in [0.2, 0.25) is 0 Å². The van der Waals surface area contributed by atoms with Crippen molar-refractivity contribution < 1.29 is 4.39 Å². The van der Waals surface area contributed by atoms with Crippen LogP contribution in [-0.2, 0) is 0 Å². The smallest absolute Gasteiger partial charge is 0.154 e. The zero-order valence-corrected chi connectivity index (χ0v) is 15.5. The van der Waals surface area contributed by atoms with Crippen LogP contribution in [0.2, 0.25) is 0 Å². The highest BCUT2D eigenvalue weighted by atomic mass is 19.1. The molecule has 0 N–H and O–H groups in total. The van der Waals surface area contributed by atoms with E-state index in [-0.39, 0.29) is 11.7 Å². The Kier molecular flexibility index (Phi) is 4.36. The highest BCUT2D eigenvalue weighted by Crippen LogP contribution is 2.31. The van der Waals surface area contributed by atoms with E-state index in [0.29, 0.717) is 11.3 Å². The molecule has 0 bridgehead atoms. The second-order valence-electron chi connectivity index (χ2n) is 7.23. The summed E-state index contributed by atoms with van der Waals surface area (Å²) < 4.78 is 16.3. The van der Waals surface area contributed by atoms with Gasteiger partial charge >= 0.3 is 0 Å². The Morgan fingerprint density at radius 3 is 2.42 bits per heavy atom. The molecule has 3 heterocycles. The number of rotatable bonds is 3. The van der Waals surface area contributed by atoms with Gasteiger partial charge in [0.1, 0.15) is 11.6 Å². The molecule has 0 amide bonds. The van der Waals surface area contributed by atoms with Crippen molar-refractivity contribution in [2.45, 2.75) is 19.8 Å². The second-order valence-corrected chi connectivity index (χ2v) is 7.23. The van der Waals surface area contributed by atoms with E-state index in [2.05, 4.69) is 30.7 Å². The Morgan fingerprint density at radius 1 is 1.00 bits per heavy atom. The summed E-state index contributed by atoms with van der Waals surface area (Å²) in [7, 11) is 2.14. The summed E-state index contributed by atoms with van der Waals surface area (Å²) in [6.07, 6.45) is 0. The van der Waals surface area contributed by atoms with Crippen LogP contribution in [-0.4, -0.2) is 52.7 Å². The largest absolute Gasteiger partial charge is 0.353 e. The molecule has 1 aliphatic rings. The lowest BCUT2D eigenvalue weighted by atomic mass is 10.0. The van der Waals surface area contributed by atoms with E-state index in [1.54, 1.807) is 12.1 Å². The van der Waals surface area contributed by atoms with Crippen LogP contribution in [0.4, 0.5) is 10.2 Å². The van der Waals surface area contributed by atoms with Crippen molar-refractivity contribution in [2.75, 3.05) is 38.1 Å². The minimum absolute atomic E-state index is 0.176. The van der Waals surface area contributed by atoms with Crippen molar-refractivity contribution in [3.8, 4) is 11.3 Å². The van der Waals surface area contributed by atoms with Crippen LogP contribution in [0.15, 0.2) is 36.4 Å². The van der Waals surface area contributed by atoms with Gasteiger partial charge in [0.05, 0.1) is 11.4 Å². The summed E-state index contributed by atoms with van der Waals surface area (Å²) in [5, 5.41) is 4.86. The molecule has 0 saturated carbocycles. The number of anilines is 1. The number of hydrogen-bond acceptors (Lipinski definition) is 4. The van der Waals surface area contributed by atoms with Gasteiger partial charge in [0.15, 0.2) is 5.65 Å². The highest BCUT2D eigenvalue weighted by molar-refractivity contribution is 5.68. The Morgan fingerprint density at radius 2 is 1.73 bits per heavy atom. The summed E-state index contributed by atoms with van der Waals surface area (Å²) in [4.78, 5) is 9.32. The number of piperazine rings is 1. The van der Waals surface area contributed by atoms with Gasteiger partial charge in [-0.25, -0.2) is 13.9 Å². The number of fused-ring (bicyclic) bond motifs is 1. The molecule has 26 heavy (non-hydrogen) atoms. The van der Waals surface area contributed by atoms with Crippen LogP contribution >= 0.6 is 0 Å². The number of imidazole rings is 1. The fourth-order valence-corrected chi connectivity index (χ4v) is 3.51. The van der Waals surface area contributed by atoms with Gasteiger partial charge in [-0.1, -0.05) is 26.0 Å². The molecule has 6 heteroatoms. The van der Waals surface area contributed by atoms with E-state index >= 15 is 0 Å². The van der Waals surface area contributed by atoms with Crippen molar-refractivity contribution >= 4 is 11.5 Å². The van der Waals surface area contributed by atoms with E-state index in [1.165, 1.54) is 6.07 Å². The molecule has 0 aliphatic carbocycles. The lowest BCUT2D eigenvalue weighted by Gasteiger charge is -2.33. The summed E-state index contributed by atoms with van der Waals surface area (Å²) in [5.41, 5.74) is 2.91. The molecule has 0 unspecified atom stereocenters. The average molecular weight is 353 g/mol. The fraction of sp³-hybridized carbons (Fsp3) is 0.400. The van der Waals surface area contributed by atoms with E-state index in [9.17, 15) is 4.39 Å². The molecule has 5 nitrogen and oxygen atoms in total. The van der Waals surface area contributed by atoms with Gasteiger partial charge in [-0.2, -0.15) is 0 Å². The third kappa shape index (κ3) is 2.94. The molecule has 4 rings (SSSR count). The zero-order chi connectivity index (χ0) is 18.3. The summed E-state index contributed by atoms with van der Waals surface area (Å²) in [6, 6.07) is 10.8. The van der Waals surface area contributed by atoms with Crippen molar-refractivity contribution in [3.63, 3.8) is 0 Å². The first-order valence-corrected chi connectivity index (χ1v) is 9.12. The minimum Gasteiger partial charge on any atom is -0.353 e. The van der Waals surface area contributed by atoms with E-state index in [1.807, 2.05) is 22.7 Å². The van der Waals surface area contributed by atoms with Crippen LogP contribution in [0.5, 0.6) is 0 Å². The first-order valence-electron chi connectivity index (χ1n) is 9.12. The normalized spacial score (nSPS) is 16.0. The Hall–Kier alpha value is -2.47. The maximum Gasteiger partial charge on any atom is 0.154 e. The Balaban J connectivity index is 1.83. The molecule has 0 radical (unpaired) electrons. The number of nitrogens with zero attached hydrogens (tertiary/aromatic N) is 5. The van der Waals surface area contributed by atoms with Gasteiger partial charge in [-0.05, 0) is 37.2 Å². The maximum absolute atomic E-state index is 14.4. The lowest BCUT2D eigenvalue weighted by Crippen LogP contribution is -2.45. The van der Waals surface area contributed by atoms with Crippen LogP contribution in [0.3, 0.4) is 0 Å². The van der Waals surface area contributed by atoms with Crippen molar-refractivity contribution in [2.24, 2.45) is 0 Å². The van der Waals surface area contributed by atoms with E-state index < -0.39 is 0 Å². The summed E-state index contributed by atoms with van der Waals surface area (Å²) in [6.45, 7) is 8.17. The third-order valence-electron chi connectivity index (χ3n) is 5.00. The van der Waals surface area contributed by atoms with Gasteiger partial charge in [-0.3, -0.25) is 0 Å². The standard InChI is InChI=1S/C20H24FN5/c1-14(2)20-19(15-6-4-5-7-16(15)21)22-17-8-9-18(23-26(17)20)25-12-10-24(3)11-13-25/h4-9,14H,10-13H2,1-3H3. The summed E-state index contributed by atoms with van der Waals surface area (Å²) >= 11 is 0. The molecule has 1 aromatic carbocycles. The molecule has 1 aliphatic heterocycles. The third-order valence-corrected chi connectivity index (χ3v) is 5.00. The van der Waals surface area contributed by atoms with E-state index in [0.717, 1.165) is 43.3 Å². The Bertz CT molecular complexity index is 925. The predicted octanol–water partition coefficient (Wildman–Crippen LogP) is 3.41. The van der Waals surface area contributed by atoms with Crippen molar-refractivity contribution in [3.05, 3.63) is 47.9 Å². The molecular weight excluding hydrogens is 329 g/mol. The topological polar surface area (TPSA) is 36.7 Å². The molecule has 2 aromatic heterocycles. The first-order chi connectivity index (χ1) is 12.5. The molecular formula is C20H24FN5. The SMILES string of the molecule is CC(C)c1c(-c2ccccc2F)nc2ccc(N3CCN(C)CC3)nn12. The second kappa shape index (κ2) is 6.68. The Labute approximate surface area is 153 Å². The minimum atomic E-state index is -0.253. The van der Waals surface area contributed by atoms with Crippen molar-refractivity contribution in [1.29, 1.82) is 0 Å². The lowest BCUT2D eigenvalue weighted by molar-refractivity contribution is 0.311. The van der Waals surface area contributed by atoms with Gasteiger partial charge < -0.3 is 9.80 Å². The molecule has 1 fully saturated rings. The van der Waals surface area contributed by atoms with Gasteiger partial charge in [-0.15, -0.1) is 5.10 Å². The maximum atomic E-state index is 14.4. The van der Waals surface area contributed by atoms with Crippen molar-refractivity contribution in [1.82, 2.24) is 19.5 Å². The number of aromatic nitrogens is 3. The molecule has 3 aromatic rings. The fourth-order valence-electron chi connectivity index (χ4n) is 3.51. The van der Waals surface area contributed by atoms with Gasteiger partial charge in [0.25, 0.3) is 0 Å². The quantitative estimate of drug-likeness (QED) is 0.723. The van der Waals surface area contributed by atoms with Crippen LogP contribution in [0, 0.1) is 5.82 Å². The summed E-state index contributed by atoms with van der Waals surface area (Å²) in [5.74, 6) is 0.872. The molecule has 0 spiro atoms. The van der Waals surface area contributed by atoms with Crippen LogP contribution < -0.4 is 4.90 Å². The highest BCUT2D eigenvalue weighted by Gasteiger charge is 2.22. The number of halogens is 1. The number of hydrogen-bond donors (Lipinski definition) is 0. The van der Waals surface area contributed by atoms with Gasteiger partial charge in [0, 0.05) is 31.7 Å². The zero-order valence-electron chi connectivity index (χ0n) is 15.5. The monoisotopic (exact) mass is 353 g/mol. The van der Waals surface area contributed by atoms with Crippen LogP contribution in [0.1, 0.15) is 25.5 Å². The number of benzene rings is 1. The number of likely N-dealkylation sites (N-methyl/N-ethyl adjacent to an activating group) is 1.